The van der Waals surface area contributed by atoms with Gasteiger partial charge >= 0.3 is 5.97 Å². The lowest BCUT2D eigenvalue weighted by Gasteiger charge is -2.10. The van der Waals surface area contributed by atoms with Crippen LogP contribution in [0.5, 0.6) is 11.5 Å². The van der Waals surface area contributed by atoms with Crippen LogP contribution < -0.4 is 5.32 Å². The van der Waals surface area contributed by atoms with E-state index in [2.05, 4.69) is 5.32 Å². The maximum atomic E-state index is 11.7. The maximum absolute atomic E-state index is 11.7. The van der Waals surface area contributed by atoms with Crippen LogP contribution in [-0.4, -0.2) is 33.7 Å². The van der Waals surface area contributed by atoms with Crippen molar-refractivity contribution in [2.45, 2.75) is 13.3 Å². The molecule has 98 valence electrons. The summed E-state index contributed by atoms with van der Waals surface area (Å²) in [6.07, 6.45) is -0.0361. The summed E-state index contributed by atoms with van der Waals surface area (Å²) in [6, 6.07) is 3.55. The summed E-state index contributed by atoms with van der Waals surface area (Å²) in [6.45, 7) is 1.91. The third-order valence-corrected chi connectivity index (χ3v) is 2.30. The van der Waals surface area contributed by atoms with Crippen LogP contribution in [0.3, 0.4) is 0 Å². The van der Waals surface area contributed by atoms with Gasteiger partial charge in [-0.1, -0.05) is 6.92 Å². The van der Waals surface area contributed by atoms with E-state index >= 15 is 0 Å². The molecule has 0 bridgehead atoms. The number of carboxylic acid groups (broad SMARTS) is 1. The van der Waals surface area contributed by atoms with E-state index in [1.807, 2.05) is 0 Å². The molecule has 6 heteroatoms. The number of phenolic OH excluding ortho intramolecular Hbond substituents is 2. The molecule has 0 aliphatic rings. The highest BCUT2D eigenvalue weighted by Gasteiger charge is 2.12. The quantitative estimate of drug-likeness (QED) is 0.624. The van der Waals surface area contributed by atoms with Gasteiger partial charge in [0.25, 0.3) is 5.91 Å². The number of hydrogen-bond donors (Lipinski definition) is 4. The number of phenols is 2. The minimum Gasteiger partial charge on any atom is -0.508 e. The lowest BCUT2D eigenvalue weighted by atomic mass is 10.1. The van der Waals surface area contributed by atoms with Crippen molar-refractivity contribution in [3.05, 3.63) is 23.8 Å². The smallest absolute Gasteiger partial charge is 0.303 e. The molecule has 0 heterocycles. The average molecular weight is 253 g/mol. The fraction of sp³-hybridized carbons (Fsp3) is 0.333. The predicted octanol–water partition coefficient (Wildman–Crippen LogP) is 0.938. The van der Waals surface area contributed by atoms with E-state index in [-0.39, 0.29) is 35.9 Å². The van der Waals surface area contributed by atoms with Gasteiger partial charge in [0.15, 0.2) is 0 Å². The van der Waals surface area contributed by atoms with Gasteiger partial charge in [0.05, 0.1) is 0 Å². The largest absolute Gasteiger partial charge is 0.508 e. The Morgan fingerprint density at radius 3 is 2.28 bits per heavy atom. The Morgan fingerprint density at radius 1 is 1.22 bits per heavy atom. The number of benzene rings is 1. The van der Waals surface area contributed by atoms with Gasteiger partial charge in [-0.3, -0.25) is 9.59 Å². The third kappa shape index (κ3) is 4.32. The molecule has 0 spiro atoms. The van der Waals surface area contributed by atoms with Crippen molar-refractivity contribution < 1.29 is 24.9 Å². The molecule has 1 aromatic carbocycles. The number of rotatable bonds is 5. The molecule has 1 atom stereocenters. The molecule has 1 rings (SSSR count). The highest BCUT2D eigenvalue weighted by atomic mass is 16.4. The first-order chi connectivity index (χ1) is 8.38. The molecule has 0 saturated heterocycles. The second-order valence-corrected chi connectivity index (χ2v) is 4.15. The zero-order valence-electron chi connectivity index (χ0n) is 9.88. The first-order valence-corrected chi connectivity index (χ1v) is 5.41. The predicted molar refractivity (Wildman–Crippen MR) is 63.5 cm³/mol. The van der Waals surface area contributed by atoms with Crippen molar-refractivity contribution in [1.82, 2.24) is 5.32 Å². The van der Waals surface area contributed by atoms with Gasteiger partial charge in [0.2, 0.25) is 0 Å². The van der Waals surface area contributed by atoms with Crippen LogP contribution in [-0.2, 0) is 4.79 Å². The van der Waals surface area contributed by atoms with E-state index < -0.39 is 11.9 Å². The molecule has 1 amide bonds. The number of hydrogen-bond acceptors (Lipinski definition) is 4. The second-order valence-electron chi connectivity index (χ2n) is 4.15. The van der Waals surface area contributed by atoms with Gasteiger partial charge in [0, 0.05) is 24.6 Å². The molecule has 0 fully saturated rings. The Hall–Kier alpha value is -2.24. The minimum atomic E-state index is -0.924. The molecular weight excluding hydrogens is 238 g/mol. The van der Waals surface area contributed by atoms with Crippen LogP contribution in [0.25, 0.3) is 0 Å². The molecule has 0 aromatic heterocycles. The SMILES string of the molecule is CC(CNC(=O)c1cc(O)cc(O)c1)CC(=O)O. The molecule has 0 radical (unpaired) electrons. The Labute approximate surface area is 104 Å². The fourth-order valence-corrected chi connectivity index (χ4v) is 1.47. The van der Waals surface area contributed by atoms with Crippen LogP contribution in [0.15, 0.2) is 18.2 Å². The minimum absolute atomic E-state index is 0.0361. The van der Waals surface area contributed by atoms with Gasteiger partial charge in [-0.15, -0.1) is 0 Å². The number of aliphatic carboxylic acids is 1. The molecule has 4 N–H and O–H groups in total. The Kier molecular flexibility index (Phi) is 4.53. The standard InChI is InChI=1S/C12H15NO5/c1-7(2-11(16)17)6-13-12(18)8-3-9(14)5-10(15)4-8/h3-5,7,14-15H,2,6H2,1H3,(H,13,18)(H,16,17). The van der Waals surface area contributed by atoms with Gasteiger partial charge in [-0.05, 0) is 18.1 Å². The zero-order valence-corrected chi connectivity index (χ0v) is 9.88. The van der Waals surface area contributed by atoms with Crippen LogP contribution in [0.2, 0.25) is 0 Å². The van der Waals surface area contributed by atoms with Crippen molar-refractivity contribution in [3.8, 4) is 11.5 Å². The maximum Gasteiger partial charge on any atom is 0.303 e. The van der Waals surface area contributed by atoms with Crippen LogP contribution in [0, 0.1) is 5.92 Å². The van der Waals surface area contributed by atoms with Crippen molar-refractivity contribution in [2.24, 2.45) is 5.92 Å². The van der Waals surface area contributed by atoms with E-state index in [1.165, 1.54) is 12.1 Å². The molecule has 0 aliphatic carbocycles. The highest BCUT2D eigenvalue weighted by Crippen LogP contribution is 2.20. The van der Waals surface area contributed by atoms with E-state index in [0.717, 1.165) is 6.07 Å². The van der Waals surface area contributed by atoms with Crippen molar-refractivity contribution in [3.63, 3.8) is 0 Å². The molecule has 1 unspecified atom stereocenters. The lowest BCUT2D eigenvalue weighted by Crippen LogP contribution is -2.29. The number of carboxylic acids is 1. The van der Waals surface area contributed by atoms with Gasteiger partial charge in [0.1, 0.15) is 11.5 Å². The van der Waals surface area contributed by atoms with Crippen molar-refractivity contribution >= 4 is 11.9 Å². The van der Waals surface area contributed by atoms with E-state index in [0.29, 0.717) is 0 Å². The van der Waals surface area contributed by atoms with E-state index in [1.54, 1.807) is 6.92 Å². The van der Waals surface area contributed by atoms with E-state index in [4.69, 9.17) is 5.11 Å². The summed E-state index contributed by atoms with van der Waals surface area (Å²) in [5, 5.41) is 29.5. The van der Waals surface area contributed by atoms with E-state index in [9.17, 15) is 19.8 Å². The zero-order chi connectivity index (χ0) is 13.7. The number of carbonyl (C=O) groups excluding carboxylic acids is 1. The highest BCUT2D eigenvalue weighted by molar-refractivity contribution is 5.95. The molecule has 6 nitrogen and oxygen atoms in total. The average Bonchev–Trinajstić information content (AvgIpc) is 2.23. The number of aromatic hydroxyl groups is 2. The van der Waals surface area contributed by atoms with Crippen molar-refractivity contribution in [2.75, 3.05) is 6.54 Å². The summed E-state index contributed by atoms with van der Waals surface area (Å²) in [4.78, 5) is 22.1. The molecule has 0 aliphatic heterocycles. The Morgan fingerprint density at radius 2 is 1.78 bits per heavy atom. The normalized spacial score (nSPS) is 11.8. The molecule has 0 saturated carbocycles. The second kappa shape index (κ2) is 5.90. The number of amides is 1. The summed E-state index contributed by atoms with van der Waals surface area (Å²) < 4.78 is 0. The fourth-order valence-electron chi connectivity index (χ4n) is 1.47. The molecular formula is C12H15NO5. The number of nitrogens with one attached hydrogen (secondary N) is 1. The first kappa shape index (κ1) is 13.8. The molecule has 18 heavy (non-hydrogen) atoms. The summed E-state index contributed by atoms with van der Waals surface area (Å²) >= 11 is 0. The summed E-state index contributed by atoms with van der Waals surface area (Å²) in [5.74, 6) is -2.01. The van der Waals surface area contributed by atoms with Crippen LogP contribution >= 0.6 is 0 Å². The first-order valence-electron chi connectivity index (χ1n) is 5.41. The number of carbonyl (C=O) groups is 2. The monoisotopic (exact) mass is 253 g/mol. The topological polar surface area (TPSA) is 107 Å². The van der Waals surface area contributed by atoms with Crippen LogP contribution in [0.1, 0.15) is 23.7 Å². The van der Waals surface area contributed by atoms with Crippen LogP contribution in [0.4, 0.5) is 0 Å². The summed E-state index contributed by atoms with van der Waals surface area (Å²) in [5.41, 5.74) is 0.120. The Balaban J connectivity index is 2.57. The molecule has 1 aromatic rings. The van der Waals surface area contributed by atoms with Gasteiger partial charge in [-0.25, -0.2) is 0 Å². The lowest BCUT2D eigenvalue weighted by molar-refractivity contribution is -0.137. The Bertz CT molecular complexity index is 438. The van der Waals surface area contributed by atoms with Gasteiger partial charge < -0.3 is 20.6 Å². The third-order valence-electron chi connectivity index (χ3n) is 2.30. The van der Waals surface area contributed by atoms with Gasteiger partial charge in [-0.2, -0.15) is 0 Å². The van der Waals surface area contributed by atoms with Crippen molar-refractivity contribution in [1.29, 1.82) is 0 Å². The summed E-state index contributed by atoms with van der Waals surface area (Å²) in [7, 11) is 0.